The van der Waals surface area contributed by atoms with Crippen LogP contribution in [0.3, 0.4) is 0 Å². The van der Waals surface area contributed by atoms with Gasteiger partial charge in [-0.25, -0.2) is 4.98 Å². The lowest BCUT2D eigenvalue weighted by atomic mass is 9.88. The zero-order chi connectivity index (χ0) is 26.8. The Morgan fingerprint density at radius 2 is 1.90 bits per heavy atom. The number of benzene rings is 3. The van der Waals surface area contributed by atoms with E-state index in [9.17, 15) is 4.79 Å². The van der Waals surface area contributed by atoms with E-state index in [2.05, 4.69) is 5.10 Å². The molecule has 0 saturated heterocycles. The number of ether oxygens (including phenoxy) is 4. The van der Waals surface area contributed by atoms with Gasteiger partial charge in [0, 0.05) is 22.6 Å². The standard InChI is InChI=1S/C30H28ClN3O5/c1-36-27-15-22(31)14-21(28(27)37-17-19-11-12-25-26(13-19)39-18-38-25)16-32-34-29(20-7-3-2-4-8-20)33-24-10-6-5-9-23(24)30(34)35/h5-6,9-16,20H,2-4,7-8,17-18H2,1H3. The zero-order valence-electron chi connectivity index (χ0n) is 21.6. The second kappa shape index (κ2) is 11.0. The Morgan fingerprint density at radius 3 is 2.74 bits per heavy atom. The van der Waals surface area contributed by atoms with Crippen LogP contribution >= 0.6 is 11.6 Å². The molecule has 2 heterocycles. The molecule has 0 spiro atoms. The van der Waals surface area contributed by atoms with E-state index in [1.807, 2.05) is 36.4 Å². The van der Waals surface area contributed by atoms with Crippen LogP contribution in [0.4, 0.5) is 0 Å². The highest BCUT2D eigenvalue weighted by Gasteiger charge is 2.23. The zero-order valence-corrected chi connectivity index (χ0v) is 22.3. The van der Waals surface area contributed by atoms with Gasteiger partial charge in [0.15, 0.2) is 23.0 Å². The van der Waals surface area contributed by atoms with Crippen molar-refractivity contribution in [2.45, 2.75) is 44.6 Å². The molecule has 1 aromatic heterocycles. The summed E-state index contributed by atoms with van der Waals surface area (Å²) in [5.74, 6) is 3.17. The maximum atomic E-state index is 13.6. The number of methoxy groups -OCH3 is 1. The van der Waals surface area contributed by atoms with Crippen LogP contribution in [0.25, 0.3) is 10.9 Å². The van der Waals surface area contributed by atoms with Crippen molar-refractivity contribution in [3.63, 3.8) is 0 Å². The Kier molecular flexibility index (Phi) is 7.11. The molecule has 6 rings (SSSR count). The van der Waals surface area contributed by atoms with Gasteiger partial charge in [0.2, 0.25) is 6.79 Å². The lowest BCUT2D eigenvalue weighted by Crippen LogP contribution is -2.25. The smallest absolute Gasteiger partial charge is 0.282 e. The summed E-state index contributed by atoms with van der Waals surface area (Å²) in [6.45, 7) is 0.456. The van der Waals surface area contributed by atoms with E-state index < -0.39 is 0 Å². The monoisotopic (exact) mass is 545 g/mol. The molecule has 0 amide bonds. The van der Waals surface area contributed by atoms with Crippen molar-refractivity contribution in [1.29, 1.82) is 0 Å². The Morgan fingerprint density at radius 1 is 1.08 bits per heavy atom. The number of halogens is 1. The largest absolute Gasteiger partial charge is 0.493 e. The van der Waals surface area contributed by atoms with E-state index in [1.165, 1.54) is 11.1 Å². The van der Waals surface area contributed by atoms with Gasteiger partial charge in [-0.15, -0.1) is 0 Å². The third-order valence-electron chi connectivity index (χ3n) is 7.15. The number of hydrogen-bond acceptors (Lipinski definition) is 7. The Bertz CT molecular complexity index is 1610. The second-order valence-electron chi connectivity index (χ2n) is 9.69. The van der Waals surface area contributed by atoms with Crippen molar-refractivity contribution in [2.75, 3.05) is 13.9 Å². The first-order valence-electron chi connectivity index (χ1n) is 13.1. The molecule has 2 aliphatic rings. The quantitative estimate of drug-likeness (QED) is 0.253. The minimum Gasteiger partial charge on any atom is -0.493 e. The van der Waals surface area contributed by atoms with Crippen molar-refractivity contribution in [1.82, 2.24) is 9.66 Å². The molecule has 200 valence electrons. The summed E-state index contributed by atoms with van der Waals surface area (Å²) in [7, 11) is 1.55. The minimum absolute atomic E-state index is 0.170. The van der Waals surface area contributed by atoms with Gasteiger partial charge in [0.1, 0.15) is 12.4 Å². The van der Waals surface area contributed by atoms with Crippen molar-refractivity contribution in [3.05, 3.63) is 86.9 Å². The van der Waals surface area contributed by atoms with Crippen molar-refractivity contribution < 1.29 is 18.9 Å². The third kappa shape index (κ3) is 5.16. The highest BCUT2D eigenvalue weighted by atomic mass is 35.5. The van der Waals surface area contributed by atoms with Crippen LogP contribution in [0.15, 0.2) is 64.5 Å². The molecule has 39 heavy (non-hydrogen) atoms. The molecule has 1 fully saturated rings. The first-order chi connectivity index (χ1) is 19.1. The molecular weight excluding hydrogens is 518 g/mol. The number of hydrogen-bond donors (Lipinski definition) is 0. The molecule has 4 aromatic rings. The van der Waals surface area contributed by atoms with E-state index in [4.69, 9.17) is 35.5 Å². The number of para-hydroxylation sites is 1. The van der Waals surface area contributed by atoms with Gasteiger partial charge in [0.25, 0.3) is 5.56 Å². The third-order valence-corrected chi connectivity index (χ3v) is 7.37. The van der Waals surface area contributed by atoms with Crippen molar-refractivity contribution in [2.24, 2.45) is 5.10 Å². The Balaban J connectivity index is 1.38. The number of rotatable bonds is 7. The van der Waals surface area contributed by atoms with Crippen LogP contribution in [-0.2, 0) is 6.61 Å². The topological polar surface area (TPSA) is 84.2 Å². The average molecular weight is 546 g/mol. The van der Waals surface area contributed by atoms with Gasteiger partial charge in [-0.1, -0.05) is 49.1 Å². The van der Waals surface area contributed by atoms with Crippen molar-refractivity contribution >= 4 is 28.7 Å². The summed E-state index contributed by atoms with van der Waals surface area (Å²) in [5.41, 5.74) is 1.96. The summed E-state index contributed by atoms with van der Waals surface area (Å²) >= 11 is 6.42. The van der Waals surface area contributed by atoms with E-state index in [0.717, 1.165) is 31.2 Å². The van der Waals surface area contributed by atoms with Crippen LogP contribution in [0.1, 0.15) is 55.0 Å². The SMILES string of the molecule is COc1cc(Cl)cc(C=Nn2c(C3CCCCC3)nc3ccccc3c2=O)c1OCc1ccc2c(c1)OCO2. The summed E-state index contributed by atoms with van der Waals surface area (Å²) in [6, 6.07) is 16.5. The minimum atomic E-state index is -0.200. The fourth-order valence-corrected chi connectivity index (χ4v) is 5.39. The van der Waals surface area contributed by atoms with Crippen molar-refractivity contribution in [3.8, 4) is 23.0 Å². The lowest BCUT2D eigenvalue weighted by molar-refractivity contribution is 0.174. The number of nitrogens with zero attached hydrogens (tertiary/aromatic N) is 3. The van der Waals surface area contributed by atoms with Gasteiger partial charge < -0.3 is 18.9 Å². The fraction of sp³-hybridized carbons (Fsp3) is 0.300. The highest BCUT2D eigenvalue weighted by Crippen LogP contribution is 2.37. The molecule has 0 unspecified atom stereocenters. The first-order valence-corrected chi connectivity index (χ1v) is 13.4. The van der Waals surface area contributed by atoms with Crippen LogP contribution in [0, 0.1) is 0 Å². The van der Waals surface area contributed by atoms with E-state index in [0.29, 0.717) is 50.3 Å². The molecule has 0 bridgehead atoms. The lowest BCUT2D eigenvalue weighted by Gasteiger charge is -2.22. The van der Waals surface area contributed by atoms with Crippen LogP contribution < -0.4 is 24.5 Å². The number of fused-ring (bicyclic) bond motifs is 2. The molecule has 1 aliphatic carbocycles. The number of aromatic nitrogens is 2. The molecule has 0 radical (unpaired) electrons. The summed E-state index contributed by atoms with van der Waals surface area (Å²) in [4.78, 5) is 18.5. The predicted molar refractivity (Wildman–Crippen MR) is 150 cm³/mol. The van der Waals surface area contributed by atoms with Crippen LogP contribution in [0.2, 0.25) is 5.02 Å². The van der Waals surface area contributed by atoms with E-state index in [1.54, 1.807) is 31.5 Å². The maximum Gasteiger partial charge on any atom is 0.282 e. The fourth-order valence-electron chi connectivity index (χ4n) is 5.17. The van der Waals surface area contributed by atoms with Crippen LogP contribution in [0.5, 0.6) is 23.0 Å². The molecule has 3 aromatic carbocycles. The highest BCUT2D eigenvalue weighted by molar-refractivity contribution is 6.31. The molecule has 0 atom stereocenters. The summed E-state index contributed by atoms with van der Waals surface area (Å²) < 4.78 is 24.1. The van der Waals surface area contributed by atoms with Gasteiger partial charge in [-0.2, -0.15) is 9.78 Å². The average Bonchev–Trinajstić information content (AvgIpc) is 3.44. The molecule has 1 aliphatic heterocycles. The van der Waals surface area contributed by atoms with E-state index in [-0.39, 0.29) is 24.9 Å². The summed E-state index contributed by atoms with van der Waals surface area (Å²) in [5, 5.41) is 5.65. The molecule has 9 heteroatoms. The van der Waals surface area contributed by atoms with Gasteiger partial charge in [-0.05, 0) is 48.7 Å². The second-order valence-corrected chi connectivity index (χ2v) is 10.1. The van der Waals surface area contributed by atoms with Crippen LogP contribution in [-0.4, -0.2) is 29.8 Å². The van der Waals surface area contributed by atoms with Gasteiger partial charge >= 0.3 is 0 Å². The van der Waals surface area contributed by atoms with E-state index >= 15 is 0 Å². The summed E-state index contributed by atoms with van der Waals surface area (Å²) in [6.07, 6.45) is 6.97. The molecule has 8 nitrogen and oxygen atoms in total. The molecule has 0 N–H and O–H groups in total. The predicted octanol–water partition coefficient (Wildman–Crippen LogP) is 6.30. The van der Waals surface area contributed by atoms with Gasteiger partial charge in [-0.3, -0.25) is 4.79 Å². The molecule has 1 saturated carbocycles. The maximum absolute atomic E-state index is 13.6. The first kappa shape index (κ1) is 25.2. The van der Waals surface area contributed by atoms with Gasteiger partial charge in [0.05, 0.1) is 24.2 Å². The molecular formula is C30H28ClN3O5. The Labute approximate surface area is 230 Å². The normalized spacial score (nSPS) is 15.2. The Hall–Kier alpha value is -4.04.